The van der Waals surface area contributed by atoms with Crippen LogP contribution in [-0.4, -0.2) is 31.2 Å². The quantitative estimate of drug-likeness (QED) is 0.347. The van der Waals surface area contributed by atoms with Gasteiger partial charge in [-0.2, -0.15) is 0 Å². The van der Waals surface area contributed by atoms with Crippen LogP contribution in [0.3, 0.4) is 0 Å². The Kier molecular flexibility index (Phi) is 9.60. The number of hydrogen-bond donors (Lipinski definition) is 2. The van der Waals surface area contributed by atoms with E-state index in [1.54, 1.807) is 0 Å². The van der Waals surface area contributed by atoms with Crippen molar-refractivity contribution in [2.24, 2.45) is 12.0 Å². The Hall–Kier alpha value is -1.12. The molecule has 2 N–H and O–H groups in total. The molecule has 0 saturated carbocycles. The predicted octanol–water partition coefficient (Wildman–Crippen LogP) is 4.27. The lowest BCUT2D eigenvalue weighted by molar-refractivity contribution is 0.752. The van der Waals surface area contributed by atoms with E-state index in [1.807, 2.05) is 38.7 Å². The number of aromatic nitrogens is 1. The van der Waals surface area contributed by atoms with Crippen LogP contribution in [0.1, 0.15) is 18.2 Å². The minimum absolute atomic E-state index is 0. The largest absolute Gasteiger partial charge is 0.378 e. The SMILES string of the molecule is CCNC(=NCc1ccc(N(C)C)cc1)NCc1cc(Cl)c(Cl)n1C.I. The first kappa shape index (κ1) is 22.9. The lowest BCUT2D eigenvalue weighted by Crippen LogP contribution is -2.37. The van der Waals surface area contributed by atoms with Crippen molar-refractivity contribution in [2.45, 2.75) is 20.0 Å². The molecular weight excluding hydrogens is 484 g/mol. The smallest absolute Gasteiger partial charge is 0.191 e. The second-order valence-electron chi connectivity index (χ2n) is 5.94. The van der Waals surface area contributed by atoms with Gasteiger partial charge in [0.05, 0.1) is 18.1 Å². The lowest BCUT2D eigenvalue weighted by atomic mass is 10.2. The Labute approximate surface area is 182 Å². The van der Waals surface area contributed by atoms with Gasteiger partial charge in [-0.1, -0.05) is 35.3 Å². The number of hydrogen-bond acceptors (Lipinski definition) is 2. The van der Waals surface area contributed by atoms with E-state index in [0.717, 1.165) is 23.8 Å². The van der Waals surface area contributed by atoms with Gasteiger partial charge in [-0.05, 0) is 30.7 Å². The van der Waals surface area contributed by atoms with Crippen molar-refractivity contribution in [1.82, 2.24) is 15.2 Å². The molecule has 0 bridgehead atoms. The van der Waals surface area contributed by atoms with E-state index in [4.69, 9.17) is 23.2 Å². The first-order valence-electron chi connectivity index (χ1n) is 8.20. The van der Waals surface area contributed by atoms with Crippen LogP contribution in [0.4, 0.5) is 5.69 Å². The van der Waals surface area contributed by atoms with Gasteiger partial charge in [0, 0.05) is 39.1 Å². The normalized spacial score (nSPS) is 11.1. The van der Waals surface area contributed by atoms with Gasteiger partial charge in [0.2, 0.25) is 0 Å². The molecule has 2 rings (SSSR count). The topological polar surface area (TPSA) is 44.6 Å². The van der Waals surface area contributed by atoms with Gasteiger partial charge in [-0.3, -0.25) is 0 Å². The zero-order valence-corrected chi connectivity index (χ0v) is 19.4. The number of halogens is 3. The first-order chi connectivity index (χ1) is 11.9. The highest BCUT2D eigenvalue weighted by molar-refractivity contribution is 14.0. The molecule has 144 valence electrons. The summed E-state index contributed by atoms with van der Waals surface area (Å²) in [5, 5.41) is 7.66. The van der Waals surface area contributed by atoms with Gasteiger partial charge < -0.3 is 20.1 Å². The van der Waals surface area contributed by atoms with Crippen LogP contribution in [0.15, 0.2) is 35.3 Å². The number of guanidine groups is 1. The summed E-state index contributed by atoms with van der Waals surface area (Å²) in [6.45, 7) is 4.03. The standard InChI is InChI=1S/C18H25Cl2N5.HI/c1-5-21-18(23-12-15-10-16(19)17(20)25(15)4)22-11-13-6-8-14(9-7-13)24(2)3;/h6-10H,5,11-12H2,1-4H3,(H2,21,22,23);1H. The number of benzene rings is 1. The lowest BCUT2D eigenvalue weighted by Gasteiger charge is -2.13. The summed E-state index contributed by atoms with van der Waals surface area (Å²) in [4.78, 5) is 6.72. The molecule has 0 fully saturated rings. The molecule has 0 atom stereocenters. The Morgan fingerprint density at radius 1 is 1.15 bits per heavy atom. The fourth-order valence-corrected chi connectivity index (χ4v) is 2.76. The third-order valence-corrected chi connectivity index (χ3v) is 4.71. The van der Waals surface area contributed by atoms with Crippen molar-refractivity contribution in [3.8, 4) is 0 Å². The number of anilines is 1. The van der Waals surface area contributed by atoms with Gasteiger partial charge >= 0.3 is 0 Å². The molecule has 0 saturated heterocycles. The minimum atomic E-state index is 0. The molecule has 0 aliphatic rings. The van der Waals surface area contributed by atoms with E-state index in [9.17, 15) is 0 Å². The summed E-state index contributed by atoms with van der Waals surface area (Å²) in [5.74, 6) is 0.757. The molecule has 8 heteroatoms. The molecule has 1 heterocycles. The molecule has 1 aromatic heterocycles. The second-order valence-corrected chi connectivity index (χ2v) is 6.71. The number of nitrogens with zero attached hydrogens (tertiary/aromatic N) is 3. The Morgan fingerprint density at radius 2 is 1.81 bits per heavy atom. The van der Waals surface area contributed by atoms with Gasteiger partial charge in [0.1, 0.15) is 5.15 Å². The zero-order valence-electron chi connectivity index (χ0n) is 15.5. The highest BCUT2D eigenvalue weighted by Crippen LogP contribution is 2.24. The maximum Gasteiger partial charge on any atom is 0.191 e. The van der Waals surface area contributed by atoms with Crippen LogP contribution in [0.25, 0.3) is 0 Å². The van der Waals surface area contributed by atoms with Crippen molar-refractivity contribution >= 4 is 58.8 Å². The summed E-state index contributed by atoms with van der Waals surface area (Å²) < 4.78 is 1.86. The van der Waals surface area contributed by atoms with E-state index in [2.05, 4.69) is 44.8 Å². The number of nitrogens with one attached hydrogen (secondary N) is 2. The van der Waals surface area contributed by atoms with E-state index >= 15 is 0 Å². The number of rotatable bonds is 6. The Bertz CT molecular complexity index is 726. The minimum Gasteiger partial charge on any atom is -0.378 e. The summed E-state index contributed by atoms with van der Waals surface area (Å²) in [6, 6.07) is 10.2. The second kappa shape index (κ2) is 10.9. The van der Waals surface area contributed by atoms with E-state index in [-0.39, 0.29) is 24.0 Å². The van der Waals surface area contributed by atoms with Crippen molar-refractivity contribution in [3.63, 3.8) is 0 Å². The fourth-order valence-electron chi connectivity index (χ4n) is 2.34. The average molecular weight is 510 g/mol. The van der Waals surface area contributed by atoms with Gasteiger partial charge in [0.25, 0.3) is 0 Å². The van der Waals surface area contributed by atoms with Crippen LogP contribution in [0, 0.1) is 0 Å². The highest BCUT2D eigenvalue weighted by Gasteiger charge is 2.09. The molecule has 5 nitrogen and oxygen atoms in total. The fraction of sp³-hybridized carbons (Fsp3) is 0.389. The summed E-state index contributed by atoms with van der Waals surface area (Å²) in [7, 11) is 5.95. The molecule has 0 unspecified atom stereocenters. The van der Waals surface area contributed by atoms with Crippen molar-refractivity contribution in [3.05, 3.63) is 51.8 Å². The maximum atomic E-state index is 6.10. The monoisotopic (exact) mass is 509 g/mol. The van der Waals surface area contributed by atoms with Gasteiger partial charge in [0.15, 0.2) is 5.96 Å². The molecule has 0 aliphatic heterocycles. The van der Waals surface area contributed by atoms with Crippen molar-refractivity contribution < 1.29 is 0 Å². The van der Waals surface area contributed by atoms with Crippen LogP contribution >= 0.6 is 47.2 Å². The Balaban J connectivity index is 0.00000338. The molecule has 0 aliphatic carbocycles. The number of aliphatic imine (C=N–C) groups is 1. The Morgan fingerprint density at radius 3 is 2.31 bits per heavy atom. The van der Waals surface area contributed by atoms with E-state index in [0.29, 0.717) is 23.3 Å². The predicted molar refractivity (Wildman–Crippen MR) is 123 cm³/mol. The zero-order chi connectivity index (χ0) is 18.4. The average Bonchev–Trinajstić information content (AvgIpc) is 2.84. The van der Waals surface area contributed by atoms with E-state index < -0.39 is 0 Å². The van der Waals surface area contributed by atoms with Gasteiger partial charge in [-0.15, -0.1) is 24.0 Å². The molecule has 1 aromatic carbocycles. The van der Waals surface area contributed by atoms with Crippen LogP contribution in [0.5, 0.6) is 0 Å². The van der Waals surface area contributed by atoms with E-state index in [1.165, 1.54) is 5.69 Å². The highest BCUT2D eigenvalue weighted by atomic mass is 127. The van der Waals surface area contributed by atoms with Crippen LogP contribution in [0.2, 0.25) is 10.2 Å². The first-order valence-corrected chi connectivity index (χ1v) is 8.96. The summed E-state index contributed by atoms with van der Waals surface area (Å²) >= 11 is 12.2. The van der Waals surface area contributed by atoms with Crippen molar-refractivity contribution in [2.75, 3.05) is 25.5 Å². The van der Waals surface area contributed by atoms with Crippen LogP contribution < -0.4 is 15.5 Å². The van der Waals surface area contributed by atoms with Crippen molar-refractivity contribution in [1.29, 1.82) is 0 Å². The summed E-state index contributed by atoms with van der Waals surface area (Å²) in [5.41, 5.74) is 3.33. The molecule has 0 radical (unpaired) electrons. The molecule has 26 heavy (non-hydrogen) atoms. The molecule has 0 amide bonds. The summed E-state index contributed by atoms with van der Waals surface area (Å²) in [6.07, 6.45) is 0. The molecular formula is C18H26Cl2IN5. The molecule has 0 spiro atoms. The third kappa shape index (κ3) is 6.25. The molecule has 2 aromatic rings. The third-order valence-electron chi connectivity index (χ3n) is 3.87. The van der Waals surface area contributed by atoms with Crippen LogP contribution in [-0.2, 0) is 20.1 Å². The maximum absolute atomic E-state index is 6.10. The van der Waals surface area contributed by atoms with Gasteiger partial charge in [-0.25, -0.2) is 4.99 Å².